The van der Waals surface area contributed by atoms with Gasteiger partial charge in [0.2, 0.25) is 5.91 Å². The molecule has 0 heterocycles. The van der Waals surface area contributed by atoms with Gasteiger partial charge >= 0.3 is 5.97 Å². The number of hydrogen-bond donors (Lipinski definition) is 2. The SMILES string of the molecule is CCCN(CC(=O)O)CC(=O)Nc1ccccc1. The number of nitrogens with one attached hydrogen (secondary N) is 1. The van der Waals surface area contributed by atoms with Crippen molar-refractivity contribution in [1.82, 2.24) is 4.90 Å². The van der Waals surface area contributed by atoms with Crippen molar-refractivity contribution >= 4 is 17.6 Å². The molecule has 5 nitrogen and oxygen atoms in total. The third-order valence-electron chi connectivity index (χ3n) is 2.32. The monoisotopic (exact) mass is 250 g/mol. The molecule has 1 amide bonds. The number of carboxylic acid groups (broad SMARTS) is 1. The van der Waals surface area contributed by atoms with E-state index in [9.17, 15) is 9.59 Å². The van der Waals surface area contributed by atoms with E-state index in [-0.39, 0.29) is 19.0 Å². The summed E-state index contributed by atoms with van der Waals surface area (Å²) in [6, 6.07) is 9.11. The summed E-state index contributed by atoms with van der Waals surface area (Å²) in [7, 11) is 0. The average Bonchev–Trinajstić information content (AvgIpc) is 2.29. The van der Waals surface area contributed by atoms with Crippen LogP contribution in [0.2, 0.25) is 0 Å². The topological polar surface area (TPSA) is 69.6 Å². The minimum atomic E-state index is -0.920. The zero-order chi connectivity index (χ0) is 13.4. The Morgan fingerprint density at radius 2 is 1.89 bits per heavy atom. The highest BCUT2D eigenvalue weighted by Crippen LogP contribution is 2.05. The number of carboxylic acids is 1. The van der Waals surface area contributed by atoms with Crippen LogP contribution in [0.5, 0.6) is 0 Å². The van der Waals surface area contributed by atoms with Crippen LogP contribution < -0.4 is 5.32 Å². The van der Waals surface area contributed by atoms with E-state index in [0.29, 0.717) is 12.2 Å². The first-order chi connectivity index (χ1) is 8.61. The maximum atomic E-state index is 11.7. The van der Waals surface area contributed by atoms with Crippen molar-refractivity contribution in [3.63, 3.8) is 0 Å². The lowest BCUT2D eigenvalue weighted by atomic mass is 10.3. The molecule has 0 radical (unpaired) electrons. The van der Waals surface area contributed by atoms with Gasteiger partial charge in [-0.25, -0.2) is 0 Å². The molecular weight excluding hydrogens is 232 g/mol. The van der Waals surface area contributed by atoms with Gasteiger partial charge in [0.25, 0.3) is 0 Å². The van der Waals surface area contributed by atoms with Crippen molar-refractivity contribution in [2.24, 2.45) is 0 Å². The molecule has 0 saturated heterocycles. The Morgan fingerprint density at radius 3 is 2.44 bits per heavy atom. The third kappa shape index (κ3) is 5.45. The summed E-state index contributed by atoms with van der Waals surface area (Å²) in [6.45, 7) is 2.52. The fourth-order valence-electron chi connectivity index (χ4n) is 1.65. The predicted molar refractivity (Wildman–Crippen MR) is 69.4 cm³/mol. The third-order valence-corrected chi connectivity index (χ3v) is 2.32. The molecule has 0 spiro atoms. The molecule has 2 N–H and O–H groups in total. The Kier molecular flexibility index (Phi) is 5.87. The fraction of sp³-hybridized carbons (Fsp3) is 0.385. The van der Waals surface area contributed by atoms with Gasteiger partial charge in [0, 0.05) is 5.69 Å². The summed E-state index contributed by atoms with van der Waals surface area (Å²) >= 11 is 0. The molecule has 0 atom stereocenters. The van der Waals surface area contributed by atoms with E-state index < -0.39 is 5.97 Å². The number of carbonyl (C=O) groups is 2. The van der Waals surface area contributed by atoms with E-state index in [1.807, 2.05) is 25.1 Å². The van der Waals surface area contributed by atoms with Crippen LogP contribution in [0.25, 0.3) is 0 Å². The number of anilines is 1. The molecule has 0 saturated carbocycles. The number of benzene rings is 1. The minimum absolute atomic E-state index is 0.0923. The summed E-state index contributed by atoms with van der Waals surface area (Å²) in [4.78, 5) is 24.0. The number of nitrogens with zero attached hydrogens (tertiary/aromatic N) is 1. The predicted octanol–water partition coefficient (Wildman–Crippen LogP) is 1.42. The van der Waals surface area contributed by atoms with Gasteiger partial charge in [-0.3, -0.25) is 14.5 Å². The van der Waals surface area contributed by atoms with Gasteiger partial charge in [-0.2, -0.15) is 0 Å². The number of hydrogen-bond acceptors (Lipinski definition) is 3. The van der Waals surface area contributed by atoms with Crippen molar-refractivity contribution in [3.05, 3.63) is 30.3 Å². The van der Waals surface area contributed by atoms with Crippen LogP contribution >= 0.6 is 0 Å². The Bertz CT molecular complexity index is 392. The van der Waals surface area contributed by atoms with Crippen LogP contribution in [0.3, 0.4) is 0 Å². The molecule has 0 unspecified atom stereocenters. The molecule has 0 bridgehead atoms. The van der Waals surface area contributed by atoms with Gasteiger partial charge in [0.1, 0.15) is 0 Å². The first kappa shape index (κ1) is 14.2. The second-order valence-electron chi connectivity index (χ2n) is 4.02. The lowest BCUT2D eigenvalue weighted by Crippen LogP contribution is -2.37. The normalized spacial score (nSPS) is 10.3. The van der Waals surface area contributed by atoms with Crippen LogP contribution in [0.15, 0.2) is 30.3 Å². The van der Waals surface area contributed by atoms with Gasteiger partial charge in [-0.1, -0.05) is 25.1 Å². The van der Waals surface area contributed by atoms with Gasteiger partial charge in [-0.15, -0.1) is 0 Å². The van der Waals surface area contributed by atoms with Crippen molar-refractivity contribution < 1.29 is 14.7 Å². The van der Waals surface area contributed by atoms with Gasteiger partial charge in [0.15, 0.2) is 0 Å². The molecule has 0 aliphatic heterocycles. The van der Waals surface area contributed by atoms with Crippen molar-refractivity contribution in [2.45, 2.75) is 13.3 Å². The van der Waals surface area contributed by atoms with Crippen LogP contribution in [0.1, 0.15) is 13.3 Å². The largest absolute Gasteiger partial charge is 0.480 e. The van der Waals surface area contributed by atoms with Crippen molar-refractivity contribution in [2.75, 3.05) is 25.0 Å². The lowest BCUT2D eigenvalue weighted by Gasteiger charge is -2.18. The van der Waals surface area contributed by atoms with Crippen LogP contribution in [-0.2, 0) is 9.59 Å². The molecule has 18 heavy (non-hydrogen) atoms. The molecule has 0 fully saturated rings. The molecule has 1 aromatic carbocycles. The zero-order valence-corrected chi connectivity index (χ0v) is 10.4. The highest BCUT2D eigenvalue weighted by Gasteiger charge is 2.13. The summed E-state index contributed by atoms with van der Waals surface area (Å²) < 4.78 is 0. The van der Waals surface area contributed by atoms with E-state index in [4.69, 9.17) is 5.11 Å². The smallest absolute Gasteiger partial charge is 0.317 e. The minimum Gasteiger partial charge on any atom is -0.480 e. The molecule has 5 heteroatoms. The second kappa shape index (κ2) is 7.45. The van der Waals surface area contributed by atoms with E-state index in [1.165, 1.54) is 0 Å². The van der Waals surface area contributed by atoms with Gasteiger partial charge < -0.3 is 10.4 Å². The maximum absolute atomic E-state index is 11.7. The summed E-state index contributed by atoms with van der Waals surface area (Å²) in [5.74, 6) is -1.12. The number of carbonyl (C=O) groups excluding carboxylic acids is 1. The zero-order valence-electron chi connectivity index (χ0n) is 10.4. The second-order valence-corrected chi connectivity index (χ2v) is 4.02. The number of amides is 1. The molecule has 1 aromatic rings. The quantitative estimate of drug-likeness (QED) is 0.768. The number of para-hydroxylation sites is 1. The summed E-state index contributed by atoms with van der Waals surface area (Å²) in [5.41, 5.74) is 0.717. The lowest BCUT2D eigenvalue weighted by molar-refractivity contribution is -0.138. The van der Waals surface area contributed by atoms with E-state index in [0.717, 1.165) is 6.42 Å². The number of rotatable bonds is 7. The van der Waals surface area contributed by atoms with Crippen molar-refractivity contribution in [1.29, 1.82) is 0 Å². The molecule has 1 rings (SSSR count). The van der Waals surface area contributed by atoms with E-state index >= 15 is 0 Å². The molecule has 0 aliphatic rings. The van der Waals surface area contributed by atoms with E-state index in [2.05, 4.69) is 5.32 Å². The first-order valence-electron chi connectivity index (χ1n) is 5.91. The Hall–Kier alpha value is -1.88. The molecule has 0 aromatic heterocycles. The molecule has 98 valence electrons. The first-order valence-corrected chi connectivity index (χ1v) is 5.91. The summed E-state index contributed by atoms with van der Waals surface area (Å²) in [5, 5.41) is 11.5. The van der Waals surface area contributed by atoms with Crippen LogP contribution in [0, 0.1) is 0 Å². The number of aliphatic carboxylic acids is 1. The highest BCUT2D eigenvalue weighted by molar-refractivity contribution is 5.92. The van der Waals surface area contributed by atoms with E-state index in [1.54, 1.807) is 17.0 Å². The standard InChI is InChI=1S/C13H18N2O3/c1-2-8-15(10-13(17)18)9-12(16)14-11-6-4-3-5-7-11/h3-7H,2,8-10H2,1H3,(H,14,16)(H,17,18). The Morgan fingerprint density at radius 1 is 1.22 bits per heavy atom. The molecule has 0 aliphatic carbocycles. The average molecular weight is 250 g/mol. The Labute approximate surface area is 106 Å². The van der Waals surface area contributed by atoms with Crippen molar-refractivity contribution in [3.8, 4) is 0 Å². The summed E-state index contributed by atoms with van der Waals surface area (Å²) in [6.07, 6.45) is 0.811. The highest BCUT2D eigenvalue weighted by atomic mass is 16.4. The molecular formula is C13H18N2O3. The van der Waals surface area contributed by atoms with Gasteiger partial charge in [-0.05, 0) is 25.1 Å². The van der Waals surface area contributed by atoms with Crippen LogP contribution in [0.4, 0.5) is 5.69 Å². The maximum Gasteiger partial charge on any atom is 0.317 e. The van der Waals surface area contributed by atoms with Gasteiger partial charge in [0.05, 0.1) is 13.1 Å². The Balaban J connectivity index is 2.48. The fourth-order valence-corrected chi connectivity index (χ4v) is 1.65. The van der Waals surface area contributed by atoms with Crippen LogP contribution in [-0.4, -0.2) is 41.5 Å².